The number of alkyl halides is 2. The predicted molar refractivity (Wildman–Crippen MR) is 152 cm³/mol. The first-order chi connectivity index (χ1) is 16.7. The third kappa shape index (κ3) is 7.17. The lowest BCUT2D eigenvalue weighted by Gasteiger charge is -2.33. The van der Waals surface area contributed by atoms with Crippen LogP contribution in [0.5, 0.6) is 0 Å². The van der Waals surface area contributed by atoms with Gasteiger partial charge in [-0.05, 0) is 75.3 Å². The number of allylic oxidation sites excluding steroid dienone is 2. The molecule has 0 radical (unpaired) electrons. The molecule has 35 heavy (non-hydrogen) atoms. The molecule has 0 spiro atoms. The van der Waals surface area contributed by atoms with Crippen LogP contribution in [0.4, 0.5) is 0 Å². The molecule has 4 rings (SSSR count). The molecule has 5 nitrogen and oxygen atoms in total. The first kappa shape index (κ1) is 28.2. The summed E-state index contributed by atoms with van der Waals surface area (Å²) < 4.78 is 33.9. The Morgan fingerprint density at radius 2 is 1.80 bits per heavy atom. The maximum Gasteiger partial charge on any atom is 0.264 e. The molecule has 6 unspecified atom stereocenters. The Bertz CT molecular complexity index is 969. The Hall–Kier alpha value is 0.140. The van der Waals surface area contributed by atoms with Gasteiger partial charge in [0.25, 0.3) is 10.1 Å². The highest BCUT2D eigenvalue weighted by atomic mass is 35.5. The number of rotatable bonds is 9. The molecule has 0 aromatic heterocycles. The molecule has 6 atom stereocenters. The van der Waals surface area contributed by atoms with Gasteiger partial charge < -0.3 is 4.90 Å². The van der Waals surface area contributed by atoms with Crippen LogP contribution in [0.25, 0.3) is 0 Å². The number of unbranched alkanes of at least 4 members (excludes halogenated alkanes) is 1. The van der Waals surface area contributed by atoms with Crippen LogP contribution in [-0.2, 0) is 10.1 Å². The fourth-order valence-corrected chi connectivity index (χ4v) is 10.2. The minimum absolute atomic E-state index is 0.173. The molecule has 1 N–H and O–H groups in total. The van der Waals surface area contributed by atoms with Crippen molar-refractivity contribution in [3.8, 4) is 0 Å². The summed E-state index contributed by atoms with van der Waals surface area (Å²) in [5.74, 6) is -0.173. The summed E-state index contributed by atoms with van der Waals surface area (Å²) in [6.07, 6.45) is 13.4. The van der Waals surface area contributed by atoms with Gasteiger partial charge in [-0.15, -0.1) is 35.0 Å². The Balaban J connectivity index is 1.56. The molecule has 2 saturated carbocycles. The highest BCUT2D eigenvalue weighted by molar-refractivity contribution is 8.14. The molecule has 2 heterocycles. The number of hydrogen-bond acceptors (Lipinski definition) is 5. The van der Waals surface area contributed by atoms with Crippen LogP contribution in [0.2, 0.25) is 0 Å². The Labute approximate surface area is 229 Å². The van der Waals surface area contributed by atoms with E-state index in [1.165, 1.54) is 22.1 Å². The monoisotopic (exact) mass is 581 g/mol. The topological polar surface area (TPSA) is 60.6 Å². The predicted octanol–water partition coefficient (Wildman–Crippen LogP) is 6.12. The van der Waals surface area contributed by atoms with Gasteiger partial charge in [-0.2, -0.15) is 8.42 Å². The van der Waals surface area contributed by atoms with E-state index in [2.05, 4.69) is 35.5 Å². The first-order valence-corrected chi connectivity index (χ1v) is 17.3. The summed E-state index contributed by atoms with van der Waals surface area (Å²) in [7, 11) is -3.91. The summed E-state index contributed by atoms with van der Waals surface area (Å²) in [5, 5.41) is 4.35. The lowest BCUT2D eigenvalue weighted by molar-refractivity contribution is -0.562. The van der Waals surface area contributed by atoms with Crippen molar-refractivity contribution in [3.05, 3.63) is 22.8 Å². The number of nitrogens with zero attached hydrogens (tertiary/aromatic N) is 2. The fraction of sp³-hybridized carbons (Fsp3) is 0.800. The zero-order chi connectivity index (χ0) is 25.2. The van der Waals surface area contributed by atoms with Gasteiger partial charge in [0.05, 0.1) is 16.0 Å². The molecular formula is C25H39Cl2N2O3S3+. The van der Waals surface area contributed by atoms with E-state index in [4.69, 9.17) is 27.8 Å². The lowest BCUT2D eigenvalue weighted by atomic mass is 9.93. The molecule has 0 amide bonds. The van der Waals surface area contributed by atoms with Gasteiger partial charge in [0.2, 0.25) is 5.04 Å². The molecule has 10 heteroatoms. The van der Waals surface area contributed by atoms with Crippen LogP contribution in [0.15, 0.2) is 22.8 Å². The Kier molecular flexibility index (Phi) is 9.92. The van der Waals surface area contributed by atoms with E-state index in [1.54, 1.807) is 0 Å². The number of fused-ring (bicyclic) bond motifs is 2. The van der Waals surface area contributed by atoms with E-state index in [0.717, 1.165) is 58.0 Å². The van der Waals surface area contributed by atoms with Crippen molar-refractivity contribution < 1.29 is 17.5 Å². The van der Waals surface area contributed by atoms with Crippen LogP contribution in [-0.4, -0.2) is 79.7 Å². The summed E-state index contributed by atoms with van der Waals surface area (Å²) in [6.45, 7) is 6.27. The fourth-order valence-electron chi connectivity index (χ4n) is 5.87. The highest BCUT2D eigenvalue weighted by Crippen LogP contribution is 2.47. The van der Waals surface area contributed by atoms with Crippen molar-refractivity contribution in [2.75, 3.05) is 18.8 Å². The minimum Gasteiger partial charge on any atom is -0.362 e. The van der Waals surface area contributed by atoms with Gasteiger partial charge in [0, 0.05) is 47.5 Å². The van der Waals surface area contributed by atoms with Crippen molar-refractivity contribution in [3.63, 3.8) is 0 Å². The molecule has 0 aromatic rings. The Morgan fingerprint density at radius 1 is 1.09 bits per heavy atom. The normalized spacial score (nSPS) is 35.1. The molecular weight excluding hydrogens is 543 g/mol. The average Bonchev–Trinajstić information content (AvgIpc) is 3.31. The molecule has 4 aliphatic rings. The van der Waals surface area contributed by atoms with Crippen molar-refractivity contribution in [2.45, 2.75) is 105 Å². The van der Waals surface area contributed by atoms with Crippen LogP contribution < -0.4 is 0 Å². The maximum atomic E-state index is 11.2. The second-order valence-corrected chi connectivity index (χ2v) is 15.5. The molecule has 0 bridgehead atoms. The van der Waals surface area contributed by atoms with Gasteiger partial charge in [0.15, 0.2) is 6.04 Å². The van der Waals surface area contributed by atoms with Gasteiger partial charge in [-0.1, -0.05) is 6.92 Å². The minimum atomic E-state index is -3.91. The molecule has 2 aliphatic carbocycles. The van der Waals surface area contributed by atoms with Crippen LogP contribution in [0.1, 0.15) is 71.6 Å². The first-order valence-electron chi connectivity index (χ1n) is 13.1. The maximum absolute atomic E-state index is 11.2. The van der Waals surface area contributed by atoms with Crippen molar-refractivity contribution in [2.24, 2.45) is 0 Å². The van der Waals surface area contributed by atoms with Gasteiger partial charge in [0.1, 0.15) is 6.54 Å². The smallest absolute Gasteiger partial charge is 0.264 e. The van der Waals surface area contributed by atoms with Crippen molar-refractivity contribution in [1.82, 2.24) is 4.90 Å². The van der Waals surface area contributed by atoms with E-state index in [0.29, 0.717) is 34.4 Å². The third-order valence-corrected chi connectivity index (χ3v) is 12.2. The van der Waals surface area contributed by atoms with Gasteiger partial charge in [-0.25, -0.2) is 4.58 Å². The zero-order valence-electron chi connectivity index (χ0n) is 20.7. The third-order valence-electron chi connectivity index (χ3n) is 7.71. The lowest BCUT2D eigenvalue weighted by Crippen LogP contribution is -2.39. The largest absolute Gasteiger partial charge is 0.362 e. The number of hydrogen-bond donors (Lipinski definition) is 1. The number of halogens is 2. The second kappa shape index (κ2) is 12.3. The van der Waals surface area contributed by atoms with Crippen LogP contribution in [0.3, 0.4) is 0 Å². The Morgan fingerprint density at radius 3 is 2.49 bits per heavy atom. The van der Waals surface area contributed by atoms with Crippen LogP contribution in [0, 0.1) is 0 Å². The van der Waals surface area contributed by atoms with E-state index >= 15 is 0 Å². The molecule has 3 fully saturated rings. The van der Waals surface area contributed by atoms with Crippen LogP contribution >= 0.6 is 46.7 Å². The van der Waals surface area contributed by atoms with E-state index in [9.17, 15) is 8.42 Å². The molecule has 1 saturated heterocycles. The van der Waals surface area contributed by atoms with Crippen molar-refractivity contribution in [1.29, 1.82) is 0 Å². The van der Waals surface area contributed by atoms with E-state index in [1.807, 2.05) is 23.5 Å². The van der Waals surface area contributed by atoms with E-state index < -0.39 is 10.1 Å². The van der Waals surface area contributed by atoms with Gasteiger partial charge in [-0.3, -0.25) is 4.55 Å². The zero-order valence-corrected chi connectivity index (χ0v) is 24.7. The van der Waals surface area contributed by atoms with E-state index in [-0.39, 0.29) is 11.1 Å². The molecule has 0 aromatic carbocycles. The molecule has 2 aliphatic heterocycles. The summed E-state index contributed by atoms with van der Waals surface area (Å²) >= 11 is 17.1. The highest BCUT2D eigenvalue weighted by Gasteiger charge is 2.45. The standard InChI is InChI=1S/C25H38Cl2N2O3S3/c1-3-17(13-24-28(4-2)20-15-18(26)7-9-22(20)33-24)14-25-29(11-5-6-12-35(30,31)32)21-16-19(27)8-10-23(21)34-25/h13-14,18-23H,3-12,15-16H2,1-2H3/p+1. The quantitative estimate of drug-likeness (QED) is 0.153. The van der Waals surface area contributed by atoms with Gasteiger partial charge >= 0.3 is 0 Å². The second-order valence-electron chi connectivity index (χ2n) is 10.1. The van der Waals surface area contributed by atoms with Crippen molar-refractivity contribution >= 4 is 61.9 Å². The molecule has 198 valence electrons. The SMILES string of the molecule is CCC(=CC1=[N+](CCCCS(=O)(=O)O)C2CC(Cl)CCC2S1)C=C1SC2CCC(Cl)CC2N1CC. The summed E-state index contributed by atoms with van der Waals surface area (Å²) in [6, 6.07) is 0.942. The summed E-state index contributed by atoms with van der Waals surface area (Å²) in [4.78, 5) is 2.56. The number of thioether (sulfide) groups is 2. The average molecular weight is 583 g/mol. The summed E-state index contributed by atoms with van der Waals surface area (Å²) in [5.41, 5.74) is 1.33.